The Labute approximate surface area is 96.6 Å². The maximum atomic E-state index is 11.7. The van der Waals surface area contributed by atoms with Crippen molar-refractivity contribution in [2.75, 3.05) is 13.2 Å². The summed E-state index contributed by atoms with van der Waals surface area (Å²) < 4.78 is 9.80. The Morgan fingerprint density at radius 2 is 1.56 bits per heavy atom. The van der Waals surface area contributed by atoms with Crippen molar-refractivity contribution in [1.29, 1.82) is 0 Å². The number of carbonyl (C=O) groups is 2. The fraction of sp³-hybridized carbons (Fsp3) is 0.667. The van der Waals surface area contributed by atoms with Crippen molar-refractivity contribution in [3.05, 3.63) is 12.2 Å². The molecule has 0 aliphatic rings. The van der Waals surface area contributed by atoms with Crippen molar-refractivity contribution in [2.45, 2.75) is 34.1 Å². The van der Waals surface area contributed by atoms with E-state index in [-0.39, 0.29) is 13.2 Å². The lowest BCUT2D eigenvalue weighted by Gasteiger charge is -2.23. The van der Waals surface area contributed by atoms with E-state index in [9.17, 15) is 9.59 Å². The van der Waals surface area contributed by atoms with E-state index in [4.69, 9.17) is 9.47 Å². The first-order chi connectivity index (χ1) is 7.52. The zero-order valence-electron chi connectivity index (χ0n) is 10.4. The maximum absolute atomic E-state index is 11.7. The highest BCUT2D eigenvalue weighted by Crippen LogP contribution is 2.26. The summed E-state index contributed by atoms with van der Waals surface area (Å²) in [4.78, 5) is 23.5. The molecule has 0 aromatic heterocycles. The van der Waals surface area contributed by atoms with Crippen LogP contribution >= 0.6 is 0 Å². The summed E-state index contributed by atoms with van der Waals surface area (Å²) in [5.41, 5.74) is -1.24. The number of esters is 2. The summed E-state index contributed by atoms with van der Waals surface area (Å²) in [6, 6.07) is 0. The zero-order valence-corrected chi connectivity index (χ0v) is 10.4. The summed E-state index contributed by atoms with van der Waals surface area (Å²) in [7, 11) is 0. The van der Waals surface area contributed by atoms with Gasteiger partial charge in [0, 0.05) is 0 Å². The first kappa shape index (κ1) is 14.7. The molecule has 4 nitrogen and oxygen atoms in total. The Hall–Kier alpha value is -1.32. The third-order valence-corrected chi connectivity index (χ3v) is 2.21. The average molecular weight is 228 g/mol. The summed E-state index contributed by atoms with van der Waals surface area (Å²) in [5, 5.41) is 0. The number of rotatable bonds is 6. The highest BCUT2D eigenvalue weighted by molar-refractivity contribution is 5.99. The number of ether oxygens (including phenoxy) is 2. The molecule has 0 aliphatic carbocycles. The van der Waals surface area contributed by atoms with Crippen LogP contribution in [0, 0.1) is 5.41 Å². The highest BCUT2D eigenvalue weighted by atomic mass is 16.6. The van der Waals surface area contributed by atoms with Crippen LogP contribution in [0.1, 0.15) is 34.1 Å². The molecule has 0 rings (SSSR count). The van der Waals surface area contributed by atoms with Crippen LogP contribution in [0.5, 0.6) is 0 Å². The summed E-state index contributed by atoms with van der Waals surface area (Å²) in [6.07, 6.45) is 3.84. The molecule has 0 atom stereocenters. The topological polar surface area (TPSA) is 52.6 Å². The largest absolute Gasteiger partial charge is 0.465 e. The number of hydrogen-bond acceptors (Lipinski definition) is 4. The van der Waals surface area contributed by atoms with Crippen molar-refractivity contribution < 1.29 is 19.1 Å². The molecule has 16 heavy (non-hydrogen) atoms. The van der Waals surface area contributed by atoms with Gasteiger partial charge in [-0.25, -0.2) is 0 Å². The summed E-state index contributed by atoms with van der Waals surface area (Å²) in [6.45, 7) is 7.30. The minimum Gasteiger partial charge on any atom is -0.465 e. The van der Waals surface area contributed by atoms with Gasteiger partial charge in [-0.1, -0.05) is 12.2 Å². The summed E-state index contributed by atoms with van der Waals surface area (Å²) >= 11 is 0. The van der Waals surface area contributed by atoms with Gasteiger partial charge in [0.15, 0.2) is 5.41 Å². The molecule has 0 unspecified atom stereocenters. The second-order valence-corrected chi connectivity index (χ2v) is 3.55. The first-order valence-electron chi connectivity index (χ1n) is 5.48. The quantitative estimate of drug-likeness (QED) is 0.397. The molecule has 0 aromatic carbocycles. The molecule has 0 saturated carbocycles. The van der Waals surface area contributed by atoms with Gasteiger partial charge in [-0.2, -0.15) is 0 Å². The molecule has 0 bridgehead atoms. The Bertz CT molecular complexity index is 250. The normalized spacial score (nSPS) is 11.5. The number of hydrogen-bond donors (Lipinski definition) is 0. The minimum absolute atomic E-state index is 0.254. The highest BCUT2D eigenvalue weighted by Gasteiger charge is 2.43. The van der Waals surface area contributed by atoms with Gasteiger partial charge in [-0.05, 0) is 34.1 Å². The molecule has 0 fully saturated rings. The van der Waals surface area contributed by atoms with Gasteiger partial charge in [-0.3, -0.25) is 9.59 Å². The molecular weight excluding hydrogens is 208 g/mol. The first-order valence-corrected chi connectivity index (χ1v) is 5.48. The lowest BCUT2D eigenvalue weighted by molar-refractivity contribution is -0.170. The van der Waals surface area contributed by atoms with Gasteiger partial charge in [0.2, 0.25) is 0 Å². The van der Waals surface area contributed by atoms with E-state index in [1.807, 2.05) is 6.92 Å². The van der Waals surface area contributed by atoms with Gasteiger partial charge in [0.05, 0.1) is 13.2 Å². The molecule has 4 heteroatoms. The summed E-state index contributed by atoms with van der Waals surface area (Å²) in [5.74, 6) is -1.07. The Morgan fingerprint density at radius 1 is 1.12 bits per heavy atom. The van der Waals surface area contributed by atoms with Gasteiger partial charge in [0.1, 0.15) is 0 Å². The lowest BCUT2D eigenvalue weighted by atomic mass is 9.86. The van der Waals surface area contributed by atoms with Crippen LogP contribution in [0.25, 0.3) is 0 Å². The molecule has 0 saturated heterocycles. The molecular formula is C12H20O4. The van der Waals surface area contributed by atoms with Gasteiger partial charge >= 0.3 is 11.9 Å². The average Bonchev–Trinajstić information content (AvgIpc) is 2.26. The molecule has 0 spiro atoms. The van der Waals surface area contributed by atoms with E-state index in [0.29, 0.717) is 6.42 Å². The smallest absolute Gasteiger partial charge is 0.323 e. The van der Waals surface area contributed by atoms with Gasteiger partial charge in [0.25, 0.3) is 0 Å². The maximum Gasteiger partial charge on any atom is 0.323 e. The fourth-order valence-corrected chi connectivity index (χ4v) is 1.18. The molecule has 0 N–H and O–H groups in total. The molecule has 0 amide bonds. The monoisotopic (exact) mass is 228 g/mol. The predicted octanol–water partition coefficient (Wildman–Crippen LogP) is 2.09. The Balaban J connectivity index is 4.85. The van der Waals surface area contributed by atoms with Crippen LogP contribution in [0.15, 0.2) is 12.2 Å². The second kappa shape index (κ2) is 7.04. The van der Waals surface area contributed by atoms with Crippen LogP contribution in [0.2, 0.25) is 0 Å². The molecule has 0 heterocycles. The van der Waals surface area contributed by atoms with E-state index in [0.717, 1.165) is 0 Å². The molecule has 0 aromatic rings. The van der Waals surface area contributed by atoms with Crippen molar-refractivity contribution >= 4 is 11.9 Å². The van der Waals surface area contributed by atoms with Crippen LogP contribution in [-0.2, 0) is 19.1 Å². The number of allylic oxidation sites excluding steroid dienone is 2. The fourth-order valence-electron chi connectivity index (χ4n) is 1.18. The molecule has 0 aliphatic heterocycles. The van der Waals surface area contributed by atoms with Crippen LogP contribution < -0.4 is 0 Å². The van der Waals surface area contributed by atoms with Crippen molar-refractivity contribution in [2.24, 2.45) is 5.41 Å². The van der Waals surface area contributed by atoms with Gasteiger partial charge in [-0.15, -0.1) is 0 Å². The third kappa shape index (κ3) is 3.68. The van der Waals surface area contributed by atoms with Crippen LogP contribution in [-0.4, -0.2) is 25.2 Å². The van der Waals surface area contributed by atoms with Crippen molar-refractivity contribution in [3.63, 3.8) is 0 Å². The predicted molar refractivity (Wildman–Crippen MR) is 60.8 cm³/mol. The minimum atomic E-state index is -1.24. The standard InChI is InChI=1S/C12H20O4/c1-5-8-9-12(4,10(13)15-6-2)11(14)16-7-3/h5,8H,6-7,9H2,1-4H3/b8-5-. The zero-order chi connectivity index (χ0) is 12.6. The van der Waals surface area contributed by atoms with E-state index in [1.165, 1.54) is 0 Å². The van der Waals surface area contributed by atoms with E-state index >= 15 is 0 Å². The third-order valence-electron chi connectivity index (χ3n) is 2.21. The second-order valence-electron chi connectivity index (χ2n) is 3.55. The SMILES string of the molecule is C/C=C\CC(C)(C(=O)OCC)C(=O)OCC. The number of carbonyl (C=O) groups excluding carboxylic acids is 2. The Kier molecular flexibility index (Phi) is 6.46. The van der Waals surface area contributed by atoms with E-state index < -0.39 is 17.4 Å². The van der Waals surface area contributed by atoms with Crippen molar-refractivity contribution in [1.82, 2.24) is 0 Å². The van der Waals surface area contributed by atoms with Gasteiger partial charge < -0.3 is 9.47 Å². The van der Waals surface area contributed by atoms with Crippen molar-refractivity contribution in [3.8, 4) is 0 Å². The van der Waals surface area contributed by atoms with E-state index in [2.05, 4.69) is 0 Å². The van der Waals surface area contributed by atoms with E-state index in [1.54, 1.807) is 32.9 Å². The lowest BCUT2D eigenvalue weighted by Crippen LogP contribution is -2.39. The molecule has 0 radical (unpaired) electrons. The van der Waals surface area contributed by atoms with Crippen LogP contribution in [0.3, 0.4) is 0 Å². The Morgan fingerprint density at radius 3 is 1.88 bits per heavy atom. The molecule has 92 valence electrons. The van der Waals surface area contributed by atoms with Crippen LogP contribution in [0.4, 0.5) is 0 Å².